The number of likely N-dealkylation sites (tertiary alicyclic amines) is 1. The molecule has 1 saturated heterocycles. The van der Waals surface area contributed by atoms with E-state index >= 15 is 0 Å². The smallest absolute Gasteiger partial charge is 0.240 e. The molecule has 0 spiro atoms. The molecule has 0 aromatic rings. The van der Waals surface area contributed by atoms with Crippen LogP contribution in [0.5, 0.6) is 0 Å². The molecular weight excluding hydrogens is 292 g/mol. The minimum atomic E-state index is -3.49. The second-order valence-corrected chi connectivity index (χ2v) is 8.23. The lowest BCUT2D eigenvalue weighted by Crippen LogP contribution is -2.44. The summed E-state index contributed by atoms with van der Waals surface area (Å²) in [4.78, 5) is 26.7. The van der Waals surface area contributed by atoms with Crippen molar-refractivity contribution in [3.63, 3.8) is 0 Å². The lowest BCUT2D eigenvalue weighted by molar-refractivity contribution is -0.131. The van der Waals surface area contributed by atoms with Crippen LogP contribution in [0, 0.1) is 0 Å². The van der Waals surface area contributed by atoms with E-state index in [0.29, 0.717) is 13.1 Å². The minimum absolute atomic E-state index is 0.0970. The molecule has 0 saturated carbocycles. The van der Waals surface area contributed by atoms with Crippen LogP contribution < -0.4 is 0 Å². The Bertz CT molecular complexity index is 467. The standard InChI is InChI=1S/C14H26N2O4S/c1-12(14(18)16-9-5-4-6-10-16)21(19,20)11-7-8-13(17)15(2)3/h12H,4-11H2,1-3H3. The normalized spacial score (nSPS) is 17.4. The third-order valence-electron chi connectivity index (χ3n) is 3.87. The van der Waals surface area contributed by atoms with E-state index < -0.39 is 15.1 Å². The molecule has 1 fully saturated rings. The number of carbonyl (C=O) groups excluding carboxylic acids is 2. The van der Waals surface area contributed by atoms with Crippen LogP contribution in [0.3, 0.4) is 0 Å². The van der Waals surface area contributed by atoms with Crippen LogP contribution in [-0.4, -0.2) is 68.2 Å². The number of hydrogen-bond acceptors (Lipinski definition) is 4. The van der Waals surface area contributed by atoms with Crippen molar-refractivity contribution in [2.75, 3.05) is 32.9 Å². The van der Waals surface area contributed by atoms with E-state index in [1.807, 2.05) is 0 Å². The van der Waals surface area contributed by atoms with Crippen molar-refractivity contribution < 1.29 is 18.0 Å². The number of carbonyl (C=O) groups is 2. The van der Waals surface area contributed by atoms with E-state index in [1.54, 1.807) is 19.0 Å². The molecule has 1 unspecified atom stereocenters. The predicted octanol–water partition coefficient (Wildman–Crippen LogP) is 0.671. The zero-order valence-corrected chi connectivity index (χ0v) is 14.0. The van der Waals surface area contributed by atoms with Crippen LogP contribution in [0.25, 0.3) is 0 Å². The Morgan fingerprint density at radius 1 is 1.14 bits per heavy atom. The third-order valence-corrected chi connectivity index (χ3v) is 6.01. The third kappa shape index (κ3) is 5.30. The highest BCUT2D eigenvalue weighted by atomic mass is 32.2. The van der Waals surface area contributed by atoms with E-state index in [2.05, 4.69) is 0 Å². The van der Waals surface area contributed by atoms with Crippen molar-refractivity contribution in [2.24, 2.45) is 0 Å². The van der Waals surface area contributed by atoms with Crippen molar-refractivity contribution in [2.45, 2.75) is 44.3 Å². The Balaban J connectivity index is 2.52. The number of sulfone groups is 1. The van der Waals surface area contributed by atoms with E-state index in [1.165, 1.54) is 11.8 Å². The molecule has 0 aromatic carbocycles. The Labute approximate surface area is 127 Å². The summed E-state index contributed by atoms with van der Waals surface area (Å²) in [6.07, 6.45) is 3.43. The van der Waals surface area contributed by atoms with Gasteiger partial charge in [0.1, 0.15) is 5.25 Å². The SMILES string of the molecule is CC(C(=O)N1CCCCC1)S(=O)(=O)CCCC(=O)N(C)C. The summed E-state index contributed by atoms with van der Waals surface area (Å²) in [6, 6.07) is 0. The van der Waals surface area contributed by atoms with Crippen LogP contribution in [0.2, 0.25) is 0 Å². The summed E-state index contributed by atoms with van der Waals surface area (Å²) in [7, 11) is -0.216. The van der Waals surface area contributed by atoms with E-state index in [-0.39, 0.29) is 30.4 Å². The van der Waals surface area contributed by atoms with Gasteiger partial charge in [0, 0.05) is 33.6 Å². The highest BCUT2D eigenvalue weighted by Crippen LogP contribution is 2.14. The van der Waals surface area contributed by atoms with Gasteiger partial charge in [-0.25, -0.2) is 8.42 Å². The Morgan fingerprint density at radius 3 is 2.24 bits per heavy atom. The molecule has 2 amide bonds. The van der Waals surface area contributed by atoms with Crippen LogP contribution in [-0.2, 0) is 19.4 Å². The molecule has 1 rings (SSSR count). The van der Waals surface area contributed by atoms with Crippen molar-refractivity contribution >= 4 is 21.7 Å². The number of rotatable bonds is 6. The van der Waals surface area contributed by atoms with Crippen LogP contribution in [0.15, 0.2) is 0 Å². The van der Waals surface area contributed by atoms with Crippen molar-refractivity contribution in [1.82, 2.24) is 9.80 Å². The summed E-state index contributed by atoms with van der Waals surface area (Å²) >= 11 is 0. The Morgan fingerprint density at radius 2 is 1.71 bits per heavy atom. The zero-order chi connectivity index (χ0) is 16.0. The lowest BCUT2D eigenvalue weighted by Gasteiger charge is -2.29. The lowest BCUT2D eigenvalue weighted by atomic mass is 10.1. The fourth-order valence-corrected chi connectivity index (χ4v) is 3.71. The number of amides is 2. The maximum absolute atomic E-state index is 12.2. The fourth-order valence-electron chi connectivity index (χ4n) is 2.35. The molecule has 122 valence electrons. The molecule has 1 aliphatic heterocycles. The first-order valence-corrected chi connectivity index (χ1v) is 9.18. The highest BCUT2D eigenvalue weighted by molar-refractivity contribution is 7.92. The van der Waals surface area contributed by atoms with E-state index in [9.17, 15) is 18.0 Å². The van der Waals surface area contributed by atoms with Gasteiger partial charge in [0.05, 0.1) is 5.75 Å². The molecule has 0 bridgehead atoms. The van der Waals surface area contributed by atoms with Crippen LogP contribution in [0.1, 0.15) is 39.0 Å². The average Bonchev–Trinajstić information content (AvgIpc) is 2.46. The highest BCUT2D eigenvalue weighted by Gasteiger charge is 2.31. The van der Waals surface area contributed by atoms with Crippen LogP contribution >= 0.6 is 0 Å². The summed E-state index contributed by atoms with van der Waals surface area (Å²) in [5.74, 6) is -0.512. The molecule has 21 heavy (non-hydrogen) atoms. The molecule has 1 heterocycles. The molecule has 0 aromatic heterocycles. The maximum Gasteiger partial charge on any atom is 0.240 e. The van der Waals surface area contributed by atoms with E-state index in [0.717, 1.165) is 19.3 Å². The average molecular weight is 318 g/mol. The second-order valence-electron chi connectivity index (χ2n) is 5.79. The largest absolute Gasteiger partial charge is 0.349 e. The van der Waals surface area contributed by atoms with Gasteiger partial charge < -0.3 is 9.80 Å². The fraction of sp³-hybridized carbons (Fsp3) is 0.857. The van der Waals surface area contributed by atoms with E-state index in [4.69, 9.17) is 0 Å². The number of hydrogen-bond donors (Lipinski definition) is 0. The van der Waals surface area contributed by atoms with Gasteiger partial charge in [-0.05, 0) is 32.6 Å². The van der Waals surface area contributed by atoms with Gasteiger partial charge in [-0.1, -0.05) is 0 Å². The molecule has 0 aliphatic carbocycles. The summed E-state index contributed by atoms with van der Waals surface area (Å²) in [6.45, 7) is 2.76. The first-order valence-electron chi connectivity index (χ1n) is 7.46. The summed E-state index contributed by atoms with van der Waals surface area (Å²) in [5.41, 5.74) is 0. The monoisotopic (exact) mass is 318 g/mol. The Hall–Kier alpha value is -1.11. The van der Waals surface area contributed by atoms with Crippen molar-refractivity contribution in [3.8, 4) is 0 Å². The van der Waals surface area contributed by atoms with Gasteiger partial charge in [-0.3, -0.25) is 9.59 Å². The van der Waals surface area contributed by atoms with Gasteiger partial charge in [0.15, 0.2) is 9.84 Å². The molecular formula is C14H26N2O4S. The van der Waals surface area contributed by atoms with Crippen molar-refractivity contribution in [1.29, 1.82) is 0 Å². The van der Waals surface area contributed by atoms with Gasteiger partial charge in [-0.15, -0.1) is 0 Å². The molecule has 1 atom stereocenters. The Kier molecular flexibility index (Phi) is 6.64. The van der Waals surface area contributed by atoms with Gasteiger partial charge >= 0.3 is 0 Å². The van der Waals surface area contributed by atoms with Gasteiger partial charge in [-0.2, -0.15) is 0 Å². The molecule has 0 N–H and O–H groups in total. The van der Waals surface area contributed by atoms with Gasteiger partial charge in [0.25, 0.3) is 0 Å². The summed E-state index contributed by atoms with van der Waals surface area (Å²) < 4.78 is 24.4. The quantitative estimate of drug-likeness (QED) is 0.721. The summed E-state index contributed by atoms with van der Waals surface area (Å²) in [5, 5.41) is -1.01. The first kappa shape index (κ1) is 17.9. The minimum Gasteiger partial charge on any atom is -0.349 e. The second kappa shape index (κ2) is 7.77. The predicted molar refractivity (Wildman–Crippen MR) is 81.6 cm³/mol. The zero-order valence-electron chi connectivity index (χ0n) is 13.2. The molecule has 6 nitrogen and oxygen atoms in total. The maximum atomic E-state index is 12.2. The number of nitrogens with zero attached hydrogens (tertiary/aromatic N) is 2. The van der Waals surface area contributed by atoms with Crippen molar-refractivity contribution in [3.05, 3.63) is 0 Å². The molecule has 0 radical (unpaired) electrons. The first-order chi connectivity index (χ1) is 9.75. The molecule has 1 aliphatic rings. The van der Waals surface area contributed by atoms with Gasteiger partial charge in [0.2, 0.25) is 11.8 Å². The van der Waals surface area contributed by atoms with Crippen LogP contribution in [0.4, 0.5) is 0 Å². The molecule has 7 heteroatoms. The number of piperidine rings is 1. The topological polar surface area (TPSA) is 74.8 Å².